The van der Waals surface area contributed by atoms with Crippen LogP contribution >= 0.6 is 0 Å². The normalized spacial score (nSPS) is 11.6. The highest BCUT2D eigenvalue weighted by molar-refractivity contribution is 7.90. The Kier molecular flexibility index (Phi) is 3.02. The maximum atomic E-state index is 11.7. The van der Waals surface area contributed by atoms with Crippen LogP contribution in [0.3, 0.4) is 0 Å². The molecule has 0 bridgehead atoms. The average Bonchev–Trinajstić information content (AvgIpc) is 2.28. The summed E-state index contributed by atoms with van der Waals surface area (Å²) in [6, 6.07) is 7.32. The Labute approximate surface area is 100 Å². The number of para-hydroxylation sites is 1. The second-order valence-electron chi connectivity index (χ2n) is 3.67. The third-order valence-corrected chi connectivity index (χ3v) is 3.47. The standard InChI is InChI=1S/C12H13NO3S/c1-3-16-12-9-6-4-5-7-10(9)13-8-11(12)17(2,14)15/h4-8H,3H2,1-2H3. The van der Waals surface area contributed by atoms with E-state index in [-0.39, 0.29) is 4.90 Å². The molecule has 0 aliphatic heterocycles. The average molecular weight is 251 g/mol. The van der Waals surface area contributed by atoms with Gasteiger partial charge in [0.2, 0.25) is 0 Å². The molecular weight excluding hydrogens is 238 g/mol. The first-order chi connectivity index (χ1) is 8.04. The van der Waals surface area contributed by atoms with Crippen LogP contribution in [0.2, 0.25) is 0 Å². The van der Waals surface area contributed by atoms with Crippen molar-refractivity contribution in [2.45, 2.75) is 11.8 Å². The summed E-state index contributed by atoms with van der Waals surface area (Å²) in [5.41, 5.74) is 0.725. The number of aromatic nitrogens is 1. The van der Waals surface area contributed by atoms with Crippen LogP contribution in [-0.4, -0.2) is 26.3 Å². The SMILES string of the molecule is CCOc1c(S(C)(=O)=O)cnc2ccccc12. The molecule has 0 radical (unpaired) electrons. The molecular formula is C12H13NO3S. The summed E-state index contributed by atoms with van der Waals surface area (Å²) in [4.78, 5) is 4.27. The molecule has 0 saturated heterocycles. The number of hydrogen-bond donors (Lipinski definition) is 0. The summed E-state index contributed by atoms with van der Waals surface area (Å²) >= 11 is 0. The van der Waals surface area contributed by atoms with Crippen molar-refractivity contribution in [2.24, 2.45) is 0 Å². The van der Waals surface area contributed by atoms with Gasteiger partial charge in [0.15, 0.2) is 9.84 Å². The Morgan fingerprint density at radius 1 is 1.29 bits per heavy atom. The van der Waals surface area contributed by atoms with Gasteiger partial charge in [0, 0.05) is 11.6 Å². The molecule has 0 aliphatic carbocycles. The minimum atomic E-state index is -3.33. The molecule has 5 heteroatoms. The maximum absolute atomic E-state index is 11.7. The van der Waals surface area contributed by atoms with E-state index in [0.29, 0.717) is 12.4 Å². The summed E-state index contributed by atoms with van der Waals surface area (Å²) in [6.45, 7) is 2.23. The minimum Gasteiger partial charge on any atom is -0.492 e. The fourth-order valence-corrected chi connectivity index (χ4v) is 2.40. The fraction of sp³-hybridized carbons (Fsp3) is 0.250. The van der Waals surface area contributed by atoms with Gasteiger partial charge >= 0.3 is 0 Å². The second kappa shape index (κ2) is 4.33. The number of sulfone groups is 1. The number of ether oxygens (including phenoxy) is 1. The fourth-order valence-electron chi connectivity index (χ4n) is 1.66. The van der Waals surface area contributed by atoms with Crippen molar-refractivity contribution in [3.63, 3.8) is 0 Å². The second-order valence-corrected chi connectivity index (χ2v) is 5.66. The topological polar surface area (TPSA) is 56.3 Å². The predicted octanol–water partition coefficient (Wildman–Crippen LogP) is 2.04. The number of pyridine rings is 1. The van der Waals surface area contributed by atoms with E-state index in [9.17, 15) is 8.42 Å². The summed E-state index contributed by atoms with van der Waals surface area (Å²) in [5, 5.41) is 0.720. The Morgan fingerprint density at radius 2 is 2.00 bits per heavy atom. The highest BCUT2D eigenvalue weighted by atomic mass is 32.2. The van der Waals surface area contributed by atoms with Gasteiger partial charge in [-0.3, -0.25) is 4.98 Å². The molecule has 0 amide bonds. The van der Waals surface area contributed by atoms with E-state index in [4.69, 9.17) is 4.74 Å². The highest BCUT2D eigenvalue weighted by Crippen LogP contribution is 2.31. The highest BCUT2D eigenvalue weighted by Gasteiger charge is 2.17. The predicted molar refractivity (Wildman–Crippen MR) is 66.0 cm³/mol. The third-order valence-electron chi connectivity index (χ3n) is 2.38. The van der Waals surface area contributed by atoms with Crippen LogP contribution in [0, 0.1) is 0 Å². The molecule has 0 aliphatic rings. The van der Waals surface area contributed by atoms with E-state index < -0.39 is 9.84 Å². The van der Waals surface area contributed by atoms with Crippen molar-refractivity contribution in [2.75, 3.05) is 12.9 Å². The molecule has 2 aromatic rings. The van der Waals surface area contributed by atoms with Gasteiger partial charge in [0.25, 0.3) is 0 Å². The molecule has 2 rings (SSSR count). The van der Waals surface area contributed by atoms with Crippen molar-refractivity contribution >= 4 is 20.7 Å². The van der Waals surface area contributed by atoms with Crippen LogP contribution in [0.15, 0.2) is 35.4 Å². The number of hydrogen-bond acceptors (Lipinski definition) is 4. The van der Waals surface area contributed by atoms with Gasteiger partial charge in [-0.05, 0) is 19.1 Å². The Morgan fingerprint density at radius 3 is 2.65 bits per heavy atom. The van der Waals surface area contributed by atoms with E-state index in [1.165, 1.54) is 6.20 Å². The summed E-state index contributed by atoms with van der Waals surface area (Å²) in [6.07, 6.45) is 2.50. The van der Waals surface area contributed by atoms with Gasteiger partial charge in [-0.15, -0.1) is 0 Å². The molecule has 0 unspecified atom stereocenters. The lowest BCUT2D eigenvalue weighted by atomic mass is 10.2. The summed E-state index contributed by atoms with van der Waals surface area (Å²) in [7, 11) is -3.33. The molecule has 1 aromatic heterocycles. The Balaban J connectivity index is 2.82. The molecule has 0 saturated carbocycles. The molecule has 4 nitrogen and oxygen atoms in total. The molecule has 90 valence electrons. The van der Waals surface area contributed by atoms with Crippen LogP contribution in [0.1, 0.15) is 6.92 Å². The first kappa shape index (κ1) is 11.9. The molecule has 0 spiro atoms. The van der Waals surface area contributed by atoms with E-state index in [0.717, 1.165) is 17.2 Å². The Bertz CT molecular complexity index is 650. The van der Waals surface area contributed by atoms with Crippen LogP contribution in [0.25, 0.3) is 10.9 Å². The Hall–Kier alpha value is -1.62. The zero-order valence-electron chi connectivity index (χ0n) is 9.67. The van der Waals surface area contributed by atoms with Crippen molar-refractivity contribution < 1.29 is 13.2 Å². The molecule has 17 heavy (non-hydrogen) atoms. The van der Waals surface area contributed by atoms with Crippen LogP contribution < -0.4 is 4.74 Å². The van der Waals surface area contributed by atoms with E-state index in [1.54, 1.807) is 0 Å². The van der Waals surface area contributed by atoms with E-state index in [1.807, 2.05) is 31.2 Å². The first-order valence-corrected chi connectivity index (χ1v) is 7.13. The van der Waals surface area contributed by atoms with Crippen LogP contribution in [0.5, 0.6) is 5.75 Å². The van der Waals surface area contributed by atoms with Gasteiger partial charge in [-0.2, -0.15) is 0 Å². The van der Waals surface area contributed by atoms with Gasteiger partial charge < -0.3 is 4.74 Å². The van der Waals surface area contributed by atoms with Crippen molar-refractivity contribution in [3.8, 4) is 5.75 Å². The molecule has 1 heterocycles. The van der Waals surface area contributed by atoms with Crippen molar-refractivity contribution in [1.29, 1.82) is 0 Å². The zero-order chi connectivity index (χ0) is 12.5. The summed E-state index contributed by atoms with van der Waals surface area (Å²) < 4.78 is 28.8. The number of nitrogens with zero attached hydrogens (tertiary/aromatic N) is 1. The van der Waals surface area contributed by atoms with E-state index in [2.05, 4.69) is 4.98 Å². The van der Waals surface area contributed by atoms with Crippen molar-refractivity contribution in [1.82, 2.24) is 4.98 Å². The summed E-state index contributed by atoms with van der Waals surface area (Å²) in [5.74, 6) is 0.389. The minimum absolute atomic E-state index is 0.137. The first-order valence-electron chi connectivity index (χ1n) is 5.24. The van der Waals surface area contributed by atoms with E-state index >= 15 is 0 Å². The lowest BCUT2D eigenvalue weighted by molar-refractivity contribution is 0.335. The smallest absolute Gasteiger partial charge is 0.180 e. The van der Waals surface area contributed by atoms with Gasteiger partial charge in [0.05, 0.1) is 18.3 Å². The number of rotatable bonds is 3. The lowest BCUT2D eigenvalue weighted by Crippen LogP contribution is -2.04. The monoisotopic (exact) mass is 251 g/mol. The number of benzene rings is 1. The largest absolute Gasteiger partial charge is 0.492 e. The van der Waals surface area contributed by atoms with Gasteiger partial charge in [0.1, 0.15) is 10.6 Å². The van der Waals surface area contributed by atoms with Crippen LogP contribution in [0.4, 0.5) is 0 Å². The third kappa shape index (κ3) is 2.24. The zero-order valence-corrected chi connectivity index (χ0v) is 10.5. The van der Waals surface area contributed by atoms with Crippen LogP contribution in [-0.2, 0) is 9.84 Å². The molecule has 0 N–H and O–H groups in total. The maximum Gasteiger partial charge on any atom is 0.180 e. The molecule has 0 fully saturated rings. The molecule has 1 aromatic carbocycles. The van der Waals surface area contributed by atoms with Gasteiger partial charge in [-0.1, -0.05) is 12.1 Å². The lowest BCUT2D eigenvalue weighted by Gasteiger charge is -2.11. The molecule has 0 atom stereocenters. The quantitative estimate of drug-likeness (QED) is 0.837. The van der Waals surface area contributed by atoms with Gasteiger partial charge in [-0.25, -0.2) is 8.42 Å². The van der Waals surface area contributed by atoms with Crippen molar-refractivity contribution in [3.05, 3.63) is 30.5 Å². The number of fused-ring (bicyclic) bond motifs is 1.